The van der Waals surface area contributed by atoms with Crippen molar-refractivity contribution in [2.45, 2.75) is 6.54 Å². The number of benzene rings is 2. The van der Waals surface area contributed by atoms with Crippen LogP contribution in [0.3, 0.4) is 0 Å². The molecule has 0 aliphatic heterocycles. The second-order valence-electron chi connectivity index (χ2n) is 5.49. The maximum Gasteiger partial charge on any atom is 0.270 e. The Morgan fingerprint density at radius 3 is 2.30 bits per heavy atom. The number of amides is 1. The van der Waals surface area contributed by atoms with Gasteiger partial charge in [-0.05, 0) is 18.2 Å². The molecule has 3 aromatic rings. The Hall–Kier alpha value is -4.15. The Balaban J connectivity index is 1.82. The highest BCUT2D eigenvalue weighted by atomic mass is 16.6. The molecule has 0 unspecified atom stereocenters. The molecule has 0 spiro atoms. The van der Waals surface area contributed by atoms with E-state index in [1.54, 1.807) is 0 Å². The van der Waals surface area contributed by atoms with Crippen LogP contribution in [-0.4, -0.2) is 25.3 Å². The van der Waals surface area contributed by atoms with Crippen LogP contribution in [0.25, 0.3) is 10.9 Å². The number of carbonyl (C=O) groups is 1. The fourth-order valence-corrected chi connectivity index (χ4v) is 2.39. The van der Waals surface area contributed by atoms with E-state index in [0.29, 0.717) is 5.69 Å². The van der Waals surface area contributed by atoms with E-state index in [-0.39, 0.29) is 28.8 Å². The van der Waals surface area contributed by atoms with Crippen LogP contribution in [0.1, 0.15) is 0 Å². The third-order valence-corrected chi connectivity index (χ3v) is 3.69. The van der Waals surface area contributed by atoms with E-state index in [9.17, 15) is 29.8 Å². The Labute approximate surface area is 150 Å². The van der Waals surface area contributed by atoms with Gasteiger partial charge in [0.15, 0.2) is 0 Å². The lowest BCUT2D eigenvalue weighted by molar-refractivity contribution is -0.385. The normalized spacial score (nSPS) is 10.5. The summed E-state index contributed by atoms with van der Waals surface area (Å²) in [6.07, 6.45) is 1.17. The molecule has 0 aliphatic rings. The summed E-state index contributed by atoms with van der Waals surface area (Å²) in [6, 6.07) is 8.89. The van der Waals surface area contributed by atoms with Crippen LogP contribution in [0.4, 0.5) is 17.1 Å². The largest absolute Gasteiger partial charge is 0.325 e. The minimum atomic E-state index is -0.627. The van der Waals surface area contributed by atoms with E-state index in [1.165, 1.54) is 42.7 Å². The lowest BCUT2D eigenvalue weighted by Crippen LogP contribution is -2.27. The van der Waals surface area contributed by atoms with Crippen molar-refractivity contribution in [3.63, 3.8) is 0 Å². The molecule has 27 heavy (non-hydrogen) atoms. The van der Waals surface area contributed by atoms with E-state index in [2.05, 4.69) is 10.3 Å². The summed E-state index contributed by atoms with van der Waals surface area (Å²) in [5, 5.41) is 24.0. The molecule has 11 heteroatoms. The first-order valence-electron chi connectivity index (χ1n) is 7.53. The van der Waals surface area contributed by atoms with Gasteiger partial charge >= 0.3 is 0 Å². The molecule has 0 fully saturated rings. The predicted octanol–water partition coefficient (Wildman–Crippen LogP) is 1.85. The molecule has 0 bridgehead atoms. The molecular weight excluding hydrogens is 358 g/mol. The standard InChI is InChI=1S/C16H11N5O6/c22-15(18-10-1-3-11(4-2-10)20(24)25)8-19-9-17-14-6-5-12(21(26)27)7-13(14)16(19)23/h1-7,9H,8H2,(H,18,22). The first-order valence-corrected chi connectivity index (χ1v) is 7.53. The zero-order chi connectivity index (χ0) is 19.6. The molecule has 0 saturated heterocycles. The number of fused-ring (bicyclic) bond motifs is 1. The number of carbonyl (C=O) groups excluding carboxylic acids is 1. The molecule has 0 aliphatic carbocycles. The van der Waals surface area contributed by atoms with Crippen molar-refractivity contribution in [2.24, 2.45) is 0 Å². The van der Waals surface area contributed by atoms with E-state index in [0.717, 1.165) is 10.6 Å². The minimum absolute atomic E-state index is 0.0230. The zero-order valence-electron chi connectivity index (χ0n) is 13.6. The number of nitro groups is 2. The summed E-state index contributed by atoms with van der Waals surface area (Å²) in [6.45, 7) is -0.374. The number of rotatable bonds is 5. The fourth-order valence-electron chi connectivity index (χ4n) is 2.39. The molecule has 0 atom stereocenters. The third-order valence-electron chi connectivity index (χ3n) is 3.69. The van der Waals surface area contributed by atoms with Crippen molar-refractivity contribution in [3.05, 3.63) is 79.4 Å². The molecule has 1 amide bonds. The summed E-state index contributed by atoms with van der Waals surface area (Å²) in [7, 11) is 0. The number of non-ortho nitro benzene ring substituents is 2. The SMILES string of the molecule is O=C(Cn1cnc2ccc([N+](=O)[O-])cc2c1=O)Nc1ccc([N+](=O)[O-])cc1. The second kappa shape index (κ2) is 7.00. The van der Waals surface area contributed by atoms with Crippen molar-refractivity contribution in [2.75, 3.05) is 5.32 Å². The summed E-state index contributed by atoms with van der Waals surface area (Å²) >= 11 is 0. The topological polar surface area (TPSA) is 150 Å². The van der Waals surface area contributed by atoms with E-state index >= 15 is 0 Å². The molecule has 1 heterocycles. The number of nitro benzene ring substituents is 2. The van der Waals surface area contributed by atoms with Gasteiger partial charge in [-0.25, -0.2) is 4.98 Å². The van der Waals surface area contributed by atoms with Gasteiger partial charge in [-0.15, -0.1) is 0 Å². The summed E-state index contributed by atoms with van der Waals surface area (Å²) in [5.74, 6) is -0.558. The summed E-state index contributed by atoms with van der Waals surface area (Å²) in [4.78, 5) is 48.9. The molecule has 1 aromatic heterocycles. The lowest BCUT2D eigenvalue weighted by Gasteiger charge is -2.08. The van der Waals surface area contributed by atoms with Gasteiger partial charge < -0.3 is 5.32 Å². The quantitative estimate of drug-likeness (QED) is 0.532. The van der Waals surface area contributed by atoms with Gasteiger partial charge in [-0.2, -0.15) is 0 Å². The predicted molar refractivity (Wildman–Crippen MR) is 94.4 cm³/mol. The van der Waals surface area contributed by atoms with Gasteiger partial charge in [-0.1, -0.05) is 0 Å². The summed E-state index contributed by atoms with van der Waals surface area (Å²) < 4.78 is 1.02. The number of nitrogens with zero attached hydrogens (tertiary/aromatic N) is 4. The molecule has 11 nitrogen and oxygen atoms in total. The van der Waals surface area contributed by atoms with Crippen molar-refractivity contribution in [1.82, 2.24) is 9.55 Å². The van der Waals surface area contributed by atoms with Crippen LogP contribution >= 0.6 is 0 Å². The van der Waals surface area contributed by atoms with E-state index < -0.39 is 21.3 Å². The molecule has 0 radical (unpaired) electrons. The van der Waals surface area contributed by atoms with Gasteiger partial charge in [0.1, 0.15) is 6.54 Å². The van der Waals surface area contributed by atoms with Gasteiger partial charge in [0.2, 0.25) is 5.91 Å². The lowest BCUT2D eigenvalue weighted by atomic mass is 10.2. The average molecular weight is 369 g/mol. The second-order valence-corrected chi connectivity index (χ2v) is 5.49. The van der Waals surface area contributed by atoms with Crippen LogP contribution in [0.5, 0.6) is 0 Å². The first kappa shape index (κ1) is 17.7. The highest BCUT2D eigenvalue weighted by molar-refractivity contribution is 5.91. The first-order chi connectivity index (χ1) is 12.8. The van der Waals surface area contributed by atoms with Crippen LogP contribution in [0.2, 0.25) is 0 Å². The van der Waals surface area contributed by atoms with E-state index in [4.69, 9.17) is 0 Å². The number of hydrogen-bond acceptors (Lipinski definition) is 7. The maximum atomic E-state index is 12.5. The fraction of sp³-hybridized carbons (Fsp3) is 0.0625. The highest BCUT2D eigenvalue weighted by Crippen LogP contribution is 2.17. The van der Waals surface area contributed by atoms with Gasteiger partial charge in [-0.3, -0.25) is 34.4 Å². The van der Waals surface area contributed by atoms with Crippen LogP contribution < -0.4 is 10.9 Å². The number of aromatic nitrogens is 2. The Bertz CT molecular complexity index is 1120. The Kier molecular flexibility index (Phi) is 4.58. The highest BCUT2D eigenvalue weighted by Gasteiger charge is 2.13. The smallest absolute Gasteiger partial charge is 0.270 e. The monoisotopic (exact) mass is 369 g/mol. The van der Waals surface area contributed by atoms with Crippen LogP contribution in [-0.2, 0) is 11.3 Å². The van der Waals surface area contributed by atoms with Gasteiger partial charge in [0, 0.05) is 30.0 Å². The van der Waals surface area contributed by atoms with E-state index in [1.807, 2.05) is 0 Å². The Morgan fingerprint density at radius 1 is 1.04 bits per heavy atom. The molecule has 2 aromatic carbocycles. The van der Waals surface area contributed by atoms with Crippen molar-refractivity contribution >= 4 is 33.9 Å². The third kappa shape index (κ3) is 3.76. The van der Waals surface area contributed by atoms with Crippen molar-refractivity contribution in [3.8, 4) is 0 Å². The zero-order valence-corrected chi connectivity index (χ0v) is 13.6. The molecule has 3 rings (SSSR count). The number of hydrogen-bond donors (Lipinski definition) is 1. The van der Waals surface area contributed by atoms with Gasteiger partial charge in [0.05, 0.1) is 27.1 Å². The maximum absolute atomic E-state index is 12.5. The van der Waals surface area contributed by atoms with Crippen LogP contribution in [0.15, 0.2) is 53.6 Å². The van der Waals surface area contributed by atoms with Gasteiger partial charge in [0.25, 0.3) is 16.9 Å². The molecule has 136 valence electrons. The molecule has 0 saturated carbocycles. The Morgan fingerprint density at radius 2 is 1.67 bits per heavy atom. The molecular formula is C16H11N5O6. The number of anilines is 1. The molecule has 1 N–H and O–H groups in total. The van der Waals surface area contributed by atoms with Crippen LogP contribution in [0, 0.1) is 20.2 Å². The summed E-state index contributed by atoms with van der Waals surface area (Å²) in [5.41, 5.74) is -0.373. The van der Waals surface area contributed by atoms with Crippen molar-refractivity contribution < 1.29 is 14.6 Å². The minimum Gasteiger partial charge on any atom is -0.325 e. The number of nitrogens with one attached hydrogen (secondary N) is 1. The van der Waals surface area contributed by atoms with Crippen molar-refractivity contribution in [1.29, 1.82) is 0 Å². The average Bonchev–Trinajstić information content (AvgIpc) is 2.64.